The predicted octanol–water partition coefficient (Wildman–Crippen LogP) is 3.21. The van der Waals surface area contributed by atoms with Crippen LogP contribution < -0.4 is 5.32 Å². The molecular weight excluding hydrogens is 302 g/mol. The summed E-state index contributed by atoms with van der Waals surface area (Å²) >= 11 is 0. The Morgan fingerprint density at radius 2 is 2.04 bits per heavy atom. The molecular formula is C18H21N5O. The first-order valence-corrected chi connectivity index (χ1v) is 8.03. The van der Waals surface area contributed by atoms with E-state index in [1.165, 1.54) is 0 Å². The summed E-state index contributed by atoms with van der Waals surface area (Å²) in [5.41, 5.74) is 3.03. The molecule has 6 heteroatoms. The normalized spacial score (nSPS) is 12.5. The molecule has 124 valence electrons. The minimum absolute atomic E-state index is 0.125. The van der Waals surface area contributed by atoms with Gasteiger partial charge in [-0.15, -0.1) is 0 Å². The van der Waals surface area contributed by atoms with Gasteiger partial charge in [0, 0.05) is 23.8 Å². The molecule has 1 atom stereocenters. The Morgan fingerprint density at radius 3 is 2.71 bits per heavy atom. The Morgan fingerprint density at radius 1 is 1.25 bits per heavy atom. The smallest absolute Gasteiger partial charge is 0.253 e. The number of carbonyl (C=O) groups is 1. The lowest BCUT2D eigenvalue weighted by Gasteiger charge is -2.15. The van der Waals surface area contributed by atoms with Crippen molar-refractivity contribution in [3.63, 3.8) is 0 Å². The molecule has 3 aromatic rings. The molecule has 6 nitrogen and oxygen atoms in total. The van der Waals surface area contributed by atoms with E-state index in [0.717, 1.165) is 16.6 Å². The Kier molecular flexibility index (Phi) is 4.29. The van der Waals surface area contributed by atoms with E-state index >= 15 is 0 Å². The Balaban J connectivity index is 1.89. The van der Waals surface area contributed by atoms with Crippen molar-refractivity contribution in [2.45, 2.75) is 39.8 Å². The molecule has 1 amide bonds. The maximum atomic E-state index is 12.6. The summed E-state index contributed by atoms with van der Waals surface area (Å²) in [7, 11) is 0. The molecule has 0 saturated heterocycles. The van der Waals surface area contributed by atoms with E-state index in [-0.39, 0.29) is 18.0 Å². The van der Waals surface area contributed by atoms with E-state index in [1.54, 1.807) is 18.6 Å². The van der Waals surface area contributed by atoms with Gasteiger partial charge in [0.2, 0.25) is 0 Å². The fourth-order valence-electron chi connectivity index (χ4n) is 2.66. The third-order valence-corrected chi connectivity index (χ3v) is 4.03. The van der Waals surface area contributed by atoms with Crippen molar-refractivity contribution >= 4 is 16.9 Å². The molecule has 1 unspecified atom stereocenters. The lowest BCUT2D eigenvalue weighted by molar-refractivity contribution is 0.0939. The van der Waals surface area contributed by atoms with Crippen LogP contribution in [0, 0.1) is 6.92 Å². The maximum absolute atomic E-state index is 12.6. The molecule has 3 heterocycles. The zero-order valence-electron chi connectivity index (χ0n) is 14.3. The topological polar surface area (TPSA) is 72.7 Å². The zero-order valence-corrected chi connectivity index (χ0v) is 14.3. The molecule has 0 aromatic carbocycles. The van der Waals surface area contributed by atoms with Gasteiger partial charge in [-0.25, -0.2) is 9.67 Å². The molecule has 0 bridgehead atoms. The van der Waals surface area contributed by atoms with Crippen LogP contribution >= 0.6 is 0 Å². The Bertz CT molecular complexity index is 870. The Labute approximate surface area is 140 Å². The highest BCUT2D eigenvalue weighted by molar-refractivity contribution is 5.98. The van der Waals surface area contributed by atoms with E-state index in [4.69, 9.17) is 0 Å². The summed E-state index contributed by atoms with van der Waals surface area (Å²) in [5.74, 6) is -0.143. The van der Waals surface area contributed by atoms with Crippen molar-refractivity contribution in [2.24, 2.45) is 0 Å². The van der Waals surface area contributed by atoms with Crippen LogP contribution in [0.4, 0.5) is 0 Å². The third kappa shape index (κ3) is 2.99. The molecule has 0 spiro atoms. The number of amides is 1. The average molecular weight is 323 g/mol. The van der Waals surface area contributed by atoms with Crippen LogP contribution in [0.3, 0.4) is 0 Å². The lowest BCUT2D eigenvalue weighted by atomic mass is 10.1. The van der Waals surface area contributed by atoms with Crippen LogP contribution in [-0.4, -0.2) is 25.7 Å². The summed E-state index contributed by atoms with van der Waals surface area (Å²) in [5, 5.41) is 8.23. The number of carbonyl (C=O) groups excluding carboxylic acids is 1. The minimum Gasteiger partial charge on any atom is -0.345 e. The fraction of sp³-hybridized carbons (Fsp3) is 0.333. The first kappa shape index (κ1) is 16.1. The van der Waals surface area contributed by atoms with E-state index in [1.807, 2.05) is 36.7 Å². The number of aromatic nitrogens is 4. The summed E-state index contributed by atoms with van der Waals surface area (Å²) in [4.78, 5) is 21.3. The van der Waals surface area contributed by atoms with Crippen LogP contribution in [0.5, 0.6) is 0 Å². The summed E-state index contributed by atoms with van der Waals surface area (Å²) in [6.45, 7) is 7.90. The first-order valence-electron chi connectivity index (χ1n) is 8.03. The molecule has 0 fully saturated rings. The van der Waals surface area contributed by atoms with Gasteiger partial charge in [-0.3, -0.25) is 9.78 Å². The zero-order chi connectivity index (χ0) is 17.3. The number of hydrogen-bond acceptors (Lipinski definition) is 4. The van der Waals surface area contributed by atoms with Crippen molar-refractivity contribution in [1.82, 2.24) is 25.1 Å². The van der Waals surface area contributed by atoms with Crippen LogP contribution in [0.2, 0.25) is 0 Å². The van der Waals surface area contributed by atoms with Gasteiger partial charge < -0.3 is 5.32 Å². The molecule has 3 aromatic heterocycles. The maximum Gasteiger partial charge on any atom is 0.253 e. The second kappa shape index (κ2) is 6.39. The summed E-state index contributed by atoms with van der Waals surface area (Å²) < 4.78 is 1.86. The second-order valence-electron chi connectivity index (χ2n) is 6.20. The summed E-state index contributed by atoms with van der Waals surface area (Å²) in [6.07, 6.45) is 5.22. The van der Waals surface area contributed by atoms with Crippen molar-refractivity contribution in [3.8, 4) is 0 Å². The molecule has 0 saturated carbocycles. The van der Waals surface area contributed by atoms with Crippen LogP contribution in [0.25, 0.3) is 11.0 Å². The van der Waals surface area contributed by atoms with Gasteiger partial charge in [-0.1, -0.05) is 6.07 Å². The molecule has 0 aliphatic carbocycles. The number of pyridine rings is 2. The van der Waals surface area contributed by atoms with Crippen molar-refractivity contribution in [1.29, 1.82) is 0 Å². The number of nitrogens with one attached hydrogen (secondary N) is 1. The van der Waals surface area contributed by atoms with Crippen LogP contribution in [0.1, 0.15) is 54.5 Å². The molecule has 3 rings (SSSR count). The van der Waals surface area contributed by atoms with E-state index < -0.39 is 0 Å². The largest absolute Gasteiger partial charge is 0.345 e. The minimum atomic E-state index is -0.143. The first-order chi connectivity index (χ1) is 11.5. The van der Waals surface area contributed by atoms with Crippen molar-refractivity contribution in [3.05, 3.63) is 53.6 Å². The third-order valence-electron chi connectivity index (χ3n) is 4.03. The van der Waals surface area contributed by atoms with Crippen molar-refractivity contribution in [2.75, 3.05) is 0 Å². The van der Waals surface area contributed by atoms with Crippen molar-refractivity contribution < 1.29 is 4.79 Å². The van der Waals surface area contributed by atoms with Gasteiger partial charge in [0.05, 0.1) is 23.5 Å². The van der Waals surface area contributed by atoms with Crippen LogP contribution in [-0.2, 0) is 0 Å². The summed E-state index contributed by atoms with van der Waals surface area (Å²) in [6, 6.07) is 5.75. The number of fused-ring (bicyclic) bond motifs is 1. The van der Waals surface area contributed by atoms with Gasteiger partial charge in [0.15, 0.2) is 5.65 Å². The van der Waals surface area contributed by atoms with E-state index in [9.17, 15) is 4.79 Å². The molecule has 24 heavy (non-hydrogen) atoms. The number of rotatable bonds is 4. The Hall–Kier alpha value is -2.76. The number of aryl methyl sites for hydroxylation is 1. The molecule has 0 aliphatic rings. The highest BCUT2D eigenvalue weighted by Crippen LogP contribution is 2.20. The van der Waals surface area contributed by atoms with Gasteiger partial charge >= 0.3 is 0 Å². The van der Waals surface area contributed by atoms with E-state index in [0.29, 0.717) is 11.3 Å². The molecule has 1 N–H and O–H groups in total. The highest BCUT2D eigenvalue weighted by Gasteiger charge is 2.17. The monoisotopic (exact) mass is 323 g/mol. The molecule has 0 aliphatic heterocycles. The van der Waals surface area contributed by atoms with E-state index in [2.05, 4.69) is 34.2 Å². The lowest BCUT2D eigenvalue weighted by Crippen LogP contribution is -2.27. The average Bonchev–Trinajstić information content (AvgIpc) is 2.97. The van der Waals surface area contributed by atoms with Gasteiger partial charge in [0.25, 0.3) is 5.91 Å². The SMILES string of the molecule is Cc1nc2c(cnn2C(C)C)cc1C(=O)NC(C)c1cccnc1. The predicted molar refractivity (Wildman–Crippen MR) is 92.8 cm³/mol. The van der Waals surface area contributed by atoms with Crippen LogP contribution in [0.15, 0.2) is 36.8 Å². The number of hydrogen-bond donors (Lipinski definition) is 1. The fourth-order valence-corrected chi connectivity index (χ4v) is 2.66. The number of nitrogens with zero attached hydrogens (tertiary/aromatic N) is 4. The quantitative estimate of drug-likeness (QED) is 0.800. The molecule has 0 radical (unpaired) electrons. The van der Waals surface area contributed by atoms with Gasteiger partial charge in [-0.2, -0.15) is 5.10 Å². The highest BCUT2D eigenvalue weighted by atomic mass is 16.1. The van der Waals surface area contributed by atoms with Gasteiger partial charge in [-0.05, 0) is 45.4 Å². The second-order valence-corrected chi connectivity index (χ2v) is 6.20. The van der Waals surface area contributed by atoms with Gasteiger partial charge in [0.1, 0.15) is 0 Å². The standard InChI is InChI=1S/C18H21N5O/c1-11(2)23-17-15(10-20-23)8-16(13(4)21-17)18(24)22-12(3)14-6-5-7-19-9-14/h5-12H,1-4H3,(H,22,24).